The lowest BCUT2D eigenvalue weighted by molar-refractivity contribution is -0.0499. The Hall–Kier alpha value is -1.39. The normalized spacial score (nSPS) is 31.4. The molecule has 4 nitrogen and oxygen atoms in total. The van der Waals surface area contributed by atoms with Gasteiger partial charge in [0.1, 0.15) is 0 Å². The van der Waals surface area contributed by atoms with E-state index < -0.39 is 0 Å². The Bertz CT molecular complexity index is 949. The molecule has 2 aliphatic heterocycles. The van der Waals surface area contributed by atoms with Crippen molar-refractivity contribution in [2.24, 2.45) is 5.92 Å². The molecule has 3 aliphatic rings. The fourth-order valence-corrected chi connectivity index (χ4v) is 6.83. The summed E-state index contributed by atoms with van der Waals surface area (Å²) >= 11 is 6.29. The highest BCUT2D eigenvalue weighted by Crippen LogP contribution is 2.44. The van der Waals surface area contributed by atoms with Crippen molar-refractivity contribution in [3.8, 4) is 0 Å². The highest BCUT2D eigenvalue weighted by Gasteiger charge is 2.45. The fraction of sp³-hybridized carbons (Fsp3) is 0.680. The lowest BCUT2D eigenvalue weighted by Gasteiger charge is -2.55. The predicted molar refractivity (Wildman–Crippen MR) is 123 cm³/mol. The van der Waals surface area contributed by atoms with Gasteiger partial charge in [-0.15, -0.1) is 0 Å². The molecular weight excluding hydrogens is 394 g/mol. The molecule has 1 aliphatic carbocycles. The van der Waals surface area contributed by atoms with Crippen LogP contribution in [0.4, 0.5) is 0 Å². The highest BCUT2D eigenvalue weighted by atomic mass is 35.5. The SMILES string of the molecule is C[C@@H]1CC[C@H]2C[C@@H](n3c(=O)c(Cl)nc4ccccc43)C[C@@H]1N2C1CCCCCCC1. The van der Waals surface area contributed by atoms with Crippen LogP contribution < -0.4 is 5.56 Å². The summed E-state index contributed by atoms with van der Waals surface area (Å²) in [5.74, 6) is 0.689. The summed E-state index contributed by atoms with van der Waals surface area (Å²) in [6.45, 7) is 2.43. The Labute approximate surface area is 184 Å². The third-order valence-corrected chi connectivity index (χ3v) is 8.34. The first-order valence-corrected chi connectivity index (χ1v) is 12.5. The molecule has 2 bridgehead atoms. The van der Waals surface area contributed by atoms with Crippen LogP contribution in [0.5, 0.6) is 0 Å². The minimum Gasteiger partial charge on any atom is -0.301 e. The van der Waals surface area contributed by atoms with Gasteiger partial charge >= 0.3 is 0 Å². The Balaban J connectivity index is 1.49. The number of piperidine rings is 2. The monoisotopic (exact) mass is 427 g/mol. The van der Waals surface area contributed by atoms with Gasteiger partial charge in [0.15, 0.2) is 5.15 Å². The largest absolute Gasteiger partial charge is 0.301 e. The van der Waals surface area contributed by atoms with E-state index in [2.05, 4.69) is 16.8 Å². The zero-order valence-corrected chi connectivity index (χ0v) is 18.9. The van der Waals surface area contributed by atoms with Gasteiger partial charge in [-0.1, -0.05) is 62.8 Å². The van der Waals surface area contributed by atoms with Gasteiger partial charge in [-0.2, -0.15) is 0 Å². The van der Waals surface area contributed by atoms with Crippen LogP contribution in [-0.2, 0) is 0 Å². The second-order valence-corrected chi connectivity index (χ2v) is 10.3. The van der Waals surface area contributed by atoms with E-state index in [1.807, 2.05) is 28.8 Å². The summed E-state index contributed by atoms with van der Waals surface area (Å²) in [6.07, 6.45) is 14.4. The van der Waals surface area contributed by atoms with Gasteiger partial charge in [0.05, 0.1) is 11.0 Å². The van der Waals surface area contributed by atoms with Crippen LogP contribution in [0.1, 0.15) is 83.6 Å². The quantitative estimate of drug-likeness (QED) is 0.592. The van der Waals surface area contributed by atoms with Gasteiger partial charge < -0.3 is 4.57 Å². The molecule has 1 aromatic carbocycles. The van der Waals surface area contributed by atoms with Gasteiger partial charge in [0, 0.05) is 24.2 Å². The molecule has 2 saturated heterocycles. The fourth-order valence-electron chi connectivity index (χ4n) is 6.64. The number of halogens is 1. The number of rotatable bonds is 2. The van der Waals surface area contributed by atoms with E-state index in [-0.39, 0.29) is 16.8 Å². The molecule has 3 heterocycles. The van der Waals surface area contributed by atoms with Crippen LogP contribution >= 0.6 is 11.6 Å². The van der Waals surface area contributed by atoms with Crippen LogP contribution in [0.2, 0.25) is 5.15 Å². The molecule has 3 fully saturated rings. The minimum atomic E-state index is -0.120. The van der Waals surface area contributed by atoms with Crippen molar-refractivity contribution in [2.45, 2.75) is 102 Å². The zero-order valence-electron chi connectivity index (χ0n) is 18.1. The number of aromatic nitrogens is 2. The highest BCUT2D eigenvalue weighted by molar-refractivity contribution is 6.29. The second kappa shape index (κ2) is 8.63. The van der Waals surface area contributed by atoms with E-state index in [1.165, 1.54) is 57.8 Å². The van der Waals surface area contributed by atoms with Gasteiger partial charge in [-0.3, -0.25) is 9.69 Å². The third kappa shape index (κ3) is 3.71. The van der Waals surface area contributed by atoms with Crippen molar-refractivity contribution in [1.82, 2.24) is 14.5 Å². The van der Waals surface area contributed by atoms with Crippen LogP contribution in [-0.4, -0.2) is 32.6 Å². The number of fused-ring (bicyclic) bond motifs is 3. The average molecular weight is 428 g/mol. The van der Waals surface area contributed by atoms with Crippen molar-refractivity contribution < 1.29 is 0 Å². The molecule has 1 saturated carbocycles. The summed E-state index contributed by atoms with van der Waals surface area (Å²) in [7, 11) is 0. The van der Waals surface area contributed by atoms with Gasteiger partial charge in [-0.25, -0.2) is 4.98 Å². The average Bonchev–Trinajstić information content (AvgIpc) is 2.71. The molecular formula is C25H34ClN3O. The standard InChI is InChI=1S/C25H34ClN3O/c1-17-13-14-19-15-20(16-23(17)28(19)18-9-5-3-2-4-6-10-18)29-22-12-8-7-11-21(22)27-24(26)25(29)30/h7-8,11-12,17-20,23H,2-6,9-10,13-16H2,1H3/t17-,19+,20-,23+/m1/s1. The molecule has 0 amide bonds. The molecule has 30 heavy (non-hydrogen) atoms. The number of hydrogen-bond acceptors (Lipinski definition) is 3. The van der Waals surface area contributed by atoms with Crippen LogP contribution in [0.25, 0.3) is 11.0 Å². The number of para-hydroxylation sites is 2. The molecule has 162 valence electrons. The topological polar surface area (TPSA) is 38.1 Å². The molecule has 4 atom stereocenters. The third-order valence-electron chi connectivity index (χ3n) is 8.09. The Morgan fingerprint density at radius 3 is 2.43 bits per heavy atom. The summed E-state index contributed by atoms with van der Waals surface area (Å²) in [4.78, 5) is 20.4. The van der Waals surface area contributed by atoms with E-state index in [0.29, 0.717) is 18.0 Å². The maximum Gasteiger partial charge on any atom is 0.288 e. The molecule has 2 aromatic rings. The first-order chi connectivity index (χ1) is 14.6. The molecule has 0 radical (unpaired) electrons. The first kappa shape index (κ1) is 20.5. The van der Waals surface area contributed by atoms with E-state index in [0.717, 1.165) is 29.9 Å². The van der Waals surface area contributed by atoms with Crippen molar-refractivity contribution in [2.75, 3.05) is 0 Å². The van der Waals surface area contributed by atoms with Crippen LogP contribution in [0.3, 0.4) is 0 Å². The van der Waals surface area contributed by atoms with Crippen molar-refractivity contribution in [1.29, 1.82) is 0 Å². The zero-order chi connectivity index (χ0) is 20.7. The van der Waals surface area contributed by atoms with Crippen molar-refractivity contribution in [3.05, 3.63) is 39.8 Å². The molecule has 5 heteroatoms. The summed E-state index contributed by atoms with van der Waals surface area (Å²) < 4.78 is 1.98. The maximum atomic E-state index is 13.1. The van der Waals surface area contributed by atoms with Gasteiger partial charge in [-0.05, 0) is 56.6 Å². The van der Waals surface area contributed by atoms with E-state index in [1.54, 1.807) is 0 Å². The molecule has 0 unspecified atom stereocenters. The Morgan fingerprint density at radius 1 is 0.900 bits per heavy atom. The van der Waals surface area contributed by atoms with E-state index >= 15 is 0 Å². The second-order valence-electron chi connectivity index (χ2n) is 9.91. The molecule has 0 spiro atoms. The number of benzene rings is 1. The molecule has 5 rings (SSSR count). The molecule has 0 N–H and O–H groups in total. The van der Waals surface area contributed by atoms with Crippen molar-refractivity contribution in [3.63, 3.8) is 0 Å². The summed E-state index contributed by atoms with van der Waals surface area (Å²) in [6, 6.07) is 10.1. The van der Waals surface area contributed by atoms with Gasteiger partial charge in [0.25, 0.3) is 5.56 Å². The van der Waals surface area contributed by atoms with Gasteiger partial charge in [0.2, 0.25) is 0 Å². The number of nitrogens with zero attached hydrogens (tertiary/aromatic N) is 3. The van der Waals surface area contributed by atoms with E-state index in [9.17, 15) is 4.79 Å². The van der Waals surface area contributed by atoms with Crippen LogP contribution in [0, 0.1) is 5.92 Å². The lowest BCUT2D eigenvalue weighted by atomic mass is 9.74. The first-order valence-electron chi connectivity index (χ1n) is 12.1. The summed E-state index contributed by atoms with van der Waals surface area (Å²) in [5.41, 5.74) is 1.63. The predicted octanol–water partition coefficient (Wildman–Crippen LogP) is 5.97. The maximum absolute atomic E-state index is 13.1. The Morgan fingerprint density at radius 2 is 1.63 bits per heavy atom. The Kier molecular flexibility index (Phi) is 5.90. The molecule has 1 aromatic heterocycles. The van der Waals surface area contributed by atoms with E-state index in [4.69, 9.17) is 11.6 Å². The minimum absolute atomic E-state index is 0.106. The smallest absolute Gasteiger partial charge is 0.288 e. The van der Waals surface area contributed by atoms with Crippen molar-refractivity contribution >= 4 is 22.6 Å². The van der Waals surface area contributed by atoms with Crippen LogP contribution in [0.15, 0.2) is 29.1 Å². The number of hydrogen-bond donors (Lipinski definition) is 0. The summed E-state index contributed by atoms with van der Waals surface area (Å²) in [5, 5.41) is 0.106. The lowest BCUT2D eigenvalue weighted by Crippen LogP contribution is -2.59.